The summed E-state index contributed by atoms with van der Waals surface area (Å²) in [6, 6.07) is 4.06. The van der Waals surface area contributed by atoms with Gasteiger partial charge in [0.05, 0.1) is 10.6 Å². The Morgan fingerprint density at radius 3 is 2.48 bits per heavy atom. The van der Waals surface area contributed by atoms with Gasteiger partial charge in [-0.05, 0) is 37.6 Å². The summed E-state index contributed by atoms with van der Waals surface area (Å²) in [5.41, 5.74) is 0.299. The van der Waals surface area contributed by atoms with Gasteiger partial charge in [-0.2, -0.15) is 0 Å². The lowest BCUT2D eigenvalue weighted by atomic mass is 10.1. The van der Waals surface area contributed by atoms with E-state index in [1.165, 1.54) is 12.1 Å². The molecular weight excluding hydrogens is 368 g/mol. The van der Waals surface area contributed by atoms with Crippen molar-refractivity contribution in [2.24, 2.45) is 0 Å². The van der Waals surface area contributed by atoms with Gasteiger partial charge in [0, 0.05) is 38.6 Å². The smallest absolute Gasteiger partial charge is 0.255 e. The van der Waals surface area contributed by atoms with Gasteiger partial charge in [-0.15, -0.1) is 12.4 Å². The van der Waals surface area contributed by atoms with Crippen molar-refractivity contribution in [2.45, 2.75) is 25.3 Å². The van der Waals surface area contributed by atoms with E-state index in [-0.39, 0.29) is 35.3 Å². The van der Waals surface area contributed by atoms with Crippen LogP contribution in [0.5, 0.6) is 0 Å². The molecule has 2 saturated heterocycles. The molecule has 0 radical (unpaired) electrons. The van der Waals surface area contributed by atoms with Crippen molar-refractivity contribution < 1.29 is 14.0 Å². The number of halogens is 3. The minimum absolute atomic E-state index is 0. The fraction of sp³-hybridized carbons (Fsp3) is 0.529. The van der Waals surface area contributed by atoms with Gasteiger partial charge in [0.2, 0.25) is 5.91 Å². The maximum absolute atomic E-state index is 13.1. The van der Waals surface area contributed by atoms with Gasteiger partial charge < -0.3 is 15.1 Å². The maximum atomic E-state index is 13.1. The molecule has 0 spiro atoms. The Hall–Kier alpha value is -1.37. The van der Waals surface area contributed by atoms with Gasteiger partial charge in [0.1, 0.15) is 5.82 Å². The second-order valence-corrected chi connectivity index (χ2v) is 6.70. The Morgan fingerprint density at radius 2 is 1.88 bits per heavy atom. The molecule has 2 fully saturated rings. The molecule has 138 valence electrons. The van der Waals surface area contributed by atoms with Crippen LogP contribution in [-0.2, 0) is 4.79 Å². The van der Waals surface area contributed by atoms with Crippen LogP contribution in [0.4, 0.5) is 4.39 Å². The number of nitrogens with zero attached hydrogens (tertiary/aromatic N) is 2. The van der Waals surface area contributed by atoms with Crippen LogP contribution < -0.4 is 5.32 Å². The summed E-state index contributed by atoms with van der Waals surface area (Å²) in [5.74, 6) is -0.543. The third-order valence-electron chi connectivity index (χ3n) is 4.66. The first kappa shape index (κ1) is 19.9. The monoisotopic (exact) mass is 389 g/mol. The van der Waals surface area contributed by atoms with Crippen molar-refractivity contribution in [2.75, 3.05) is 32.7 Å². The van der Waals surface area contributed by atoms with Gasteiger partial charge in [-0.1, -0.05) is 11.6 Å². The molecule has 1 atom stereocenters. The topological polar surface area (TPSA) is 52.7 Å². The maximum Gasteiger partial charge on any atom is 0.255 e. The summed E-state index contributed by atoms with van der Waals surface area (Å²) in [7, 11) is 0. The first-order valence-electron chi connectivity index (χ1n) is 8.30. The summed E-state index contributed by atoms with van der Waals surface area (Å²) >= 11 is 5.96. The normalized spacial score (nSPS) is 20.3. The van der Waals surface area contributed by atoms with E-state index in [0.717, 1.165) is 25.5 Å². The summed E-state index contributed by atoms with van der Waals surface area (Å²) in [6.45, 7) is 2.97. The standard InChI is InChI=1S/C17H21ClFN3O2.ClH/c18-15-10-12(19)3-4-14(15)17(24)22-8-6-21(7-9-22)16(23)11-13-2-1-5-20-13;/h3-4,10,13,20H,1-2,5-9,11H2;1H. The second-order valence-electron chi connectivity index (χ2n) is 6.29. The van der Waals surface area contributed by atoms with Gasteiger partial charge in [0.25, 0.3) is 5.91 Å². The van der Waals surface area contributed by atoms with Crippen molar-refractivity contribution >= 4 is 35.8 Å². The number of amides is 2. The Kier molecular flexibility index (Phi) is 7.04. The van der Waals surface area contributed by atoms with E-state index in [2.05, 4.69) is 5.32 Å². The van der Waals surface area contributed by atoms with Crippen molar-refractivity contribution in [3.8, 4) is 0 Å². The largest absolute Gasteiger partial charge is 0.339 e. The van der Waals surface area contributed by atoms with E-state index in [1.54, 1.807) is 4.90 Å². The predicted molar refractivity (Wildman–Crippen MR) is 96.8 cm³/mol. The van der Waals surface area contributed by atoms with E-state index in [0.29, 0.717) is 38.2 Å². The van der Waals surface area contributed by atoms with Crippen LogP contribution in [0.1, 0.15) is 29.6 Å². The minimum atomic E-state index is -0.465. The van der Waals surface area contributed by atoms with Crippen LogP contribution in [0.15, 0.2) is 18.2 Å². The number of carbonyl (C=O) groups excluding carboxylic acids is 2. The minimum Gasteiger partial charge on any atom is -0.339 e. The highest BCUT2D eigenvalue weighted by Gasteiger charge is 2.27. The molecule has 1 aromatic rings. The molecule has 2 aliphatic rings. The van der Waals surface area contributed by atoms with Crippen LogP contribution in [0.3, 0.4) is 0 Å². The lowest BCUT2D eigenvalue weighted by Crippen LogP contribution is -2.51. The van der Waals surface area contributed by atoms with Gasteiger partial charge in [0.15, 0.2) is 0 Å². The number of rotatable bonds is 3. The molecule has 25 heavy (non-hydrogen) atoms. The summed E-state index contributed by atoms with van der Waals surface area (Å²) in [5, 5.41) is 3.45. The third-order valence-corrected chi connectivity index (χ3v) is 4.98. The highest BCUT2D eigenvalue weighted by molar-refractivity contribution is 6.33. The van der Waals surface area contributed by atoms with Crippen LogP contribution >= 0.6 is 24.0 Å². The number of piperazine rings is 1. The zero-order valence-corrected chi connectivity index (χ0v) is 15.4. The number of nitrogens with one attached hydrogen (secondary N) is 1. The number of benzene rings is 1. The average Bonchev–Trinajstić information content (AvgIpc) is 3.07. The molecule has 0 aromatic heterocycles. The molecule has 2 aliphatic heterocycles. The first-order chi connectivity index (χ1) is 11.5. The van der Waals surface area contributed by atoms with Crippen molar-refractivity contribution in [1.29, 1.82) is 0 Å². The zero-order valence-electron chi connectivity index (χ0n) is 13.8. The SMILES string of the molecule is Cl.O=C(CC1CCCN1)N1CCN(C(=O)c2ccc(F)cc2Cl)CC1. The quantitative estimate of drug-likeness (QED) is 0.862. The van der Waals surface area contributed by atoms with Crippen LogP contribution in [0, 0.1) is 5.82 Å². The van der Waals surface area contributed by atoms with E-state index in [9.17, 15) is 14.0 Å². The van der Waals surface area contributed by atoms with Crippen LogP contribution in [0.2, 0.25) is 5.02 Å². The molecule has 8 heteroatoms. The van der Waals surface area contributed by atoms with Crippen molar-refractivity contribution in [3.05, 3.63) is 34.6 Å². The molecule has 3 rings (SSSR count). The molecule has 0 saturated carbocycles. The van der Waals surface area contributed by atoms with E-state index in [1.807, 2.05) is 4.90 Å². The highest BCUT2D eigenvalue weighted by atomic mass is 35.5. The summed E-state index contributed by atoms with van der Waals surface area (Å²) in [4.78, 5) is 28.3. The molecule has 2 amide bonds. The Bertz CT molecular complexity index is 630. The average molecular weight is 390 g/mol. The van der Waals surface area contributed by atoms with E-state index >= 15 is 0 Å². The predicted octanol–water partition coefficient (Wildman–Crippen LogP) is 2.33. The Balaban J connectivity index is 0.00000225. The third kappa shape index (κ3) is 4.84. The first-order valence-corrected chi connectivity index (χ1v) is 8.68. The van der Waals surface area contributed by atoms with Crippen molar-refractivity contribution in [3.63, 3.8) is 0 Å². The van der Waals surface area contributed by atoms with E-state index < -0.39 is 5.82 Å². The molecular formula is C17H22Cl2FN3O2. The molecule has 2 heterocycles. The number of carbonyl (C=O) groups is 2. The second kappa shape index (κ2) is 8.83. The Morgan fingerprint density at radius 1 is 1.20 bits per heavy atom. The fourth-order valence-electron chi connectivity index (χ4n) is 3.26. The zero-order chi connectivity index (χ0) is 17.1. The molecule has 1 N–H and O–H groups in total. The highest BCUT2D eigenvalue weighted by Crippen LogP contribution is 2.20. The molecule has 0 bridgehead atoms. The summed E-state index contributed by atoms with van der Waals surface area (Å²) in [6.07, 6.45) is 2.70. The van der Waals surface area contributed by atoms with Gasteiger partial charge in [-0.3, -0.25) is 9.59 Å². The van der Waals surface area contributed by atoms with Crippen LogP contribution in [-0.4, -0.2) is 60.4 Å². The van der Waals surface area contributed by atoms with E-state index in [4.69, 9.17) is 11.6 Å². The lowest BCUT2D eigenvalue weighted by molar-refractivity contribution is -0.133. The number of hydrogen-bond donors (Lipinski definition) is 1. The fourth-order valence-corrected chi connectivity index (χ4v) is 3.51. The molecule has 1 aromatic carbocycles. The Labute approximate surface area is 157 Å². The van der Waals surface area contributed by atoms with Gasteiger partial charge >= 0.3 is 0 Å². The number of hydrogen-bond acceptors (Lipinski definition) is 3. The van der Waals surface area contributed by atoms with Crippen LogP contribution in [0.25, 0.3) is 0 Å². The molecule has 1 unspecified atom stereocenters. The molecule has 0 aliphatic carbocycles. The summed E-state index contributed by atoms with van der Waals surface area (Å²) < 4.78 is 13.1. The molecule has 5 nitrogen and oxygen atoms in total. The lowest BCUT2D eigenvalue weighted by Gasteiger charge is -2.35. The van der Waals surface area contributed by atoms with Crippen molar-refractivity contribution in [1.82, 2.24) is 15.1 Å². The van der Waals surface area contributed by atoms with Gasteiger partial charge in [-0.25, -0.2) is 4.39 Å².